The molecule has 0 fully saturated rings. The van der Waals surface area contributed by atoms with Gasteiger partial charge >= 0.3 is 0 Å². The highest BCUT2D eigenvalue weighted by atomic mass is 16.3. The third-order valence-corrected chi connectivity index (χ3v) is 4.79. The minimum Gasteiger partial charge on any atom is -0.456 e. The van der Waals surface area contributed by atoms with Crippen LogP contribution in [0.5, 0.6) is 0 Å². The summed E-state index contributed by atoms with van der Waals surface area (Å²) in [5.74, 6) is 0. The van der Waals surface area contributed by atoms with E-state index in [1.54, 1.807) is 0 Å². The summed E-state index contributed by atoms with van der Waals surface area (Å²) >= 11 is 0. The Hall–Kier alpha value is -2.48. The Morgan fingerprint density at radius 2 is 1.78 bits per heavy atom. The van der Waals surface area contributed by atoms with Crippen molar-refractivity contribution in [3.8, 4) is 0 Å². The molecule has 1 aliphatic rings. The van der Waals surface area contributed by atoms with E-state index in [0.29, 0.717) is 0 Å². The Kier molecular flexibility index (Phi) is 5.46. The molecular weight excluding hydrogens is 330 g/mol. The van der Waals surface area contributed by atoms with Crippen LogP contribution in [0, 0.1) is 12.3 Å². The summed E-state index contributed by atoms with van der Waals surface area (Å²) < 4.78 is 6.30. The number of rotatable bonds is 2. The largest absolute Gasteiger partial charge is 0.456 e. The van der Waals surface area contributed by atoms with Gasteiger partial charge in [0.15, 0.2) is 0 Å². The summed E-state index contributed by atoms with van der Waals surface area (Å²) in [4.78, 5) is 0. The zero-order chi connectivity index (χ0) is 19.6. The number of fused-ring (bicyclic) bond motifs is 3. The van der Waals surface area contributed by atoms with E-state index in [-0.39, 0.29) is 11.5 Å². The topological polar surface area (TPSA) is 25.2 Å². The van der Waals surface area contributed by atoms with Gasteiger partial charge in [-0.15, -0.1) is 0 Å². The predicted octanol–water partition coefficient (Wildman–Crippen LogP) is 7.22. The van der Waals surface area contributed by atoms with Gasteiger partial charge in [0, 0.05) is 16.3 Å². The van der Waals surface area contributed by atoms with E-state index in [0.717, 1.165) is 17.6 Å². The predicted molar refractivity (Wildman–Crippen MR) is 117 cm³/mol. The SMILES string of the molecule is CC.Cc1ccc2c(oc3ccc(CC(C)(C)C)cc32)c1C1C=CC=CN1. The molecule has 0 bridgehead atoms. The third kappa shape index (κ3) is 3.95. The Morgan fingerprint density at radius 3 is 2.44 bits per heavy atom. The Morgan fingerprint density at radius 1 is 1.00 bits per heavy atom. The molecule has 4 rings (SSSR count). The zero-order valence-corrected chi connectivity index (χ0v) is 17.4. The van der Waals surface area contributed by atoms with Crippen LogP contribution in [0.25, 0.3) is 21.9 Å². The first-order valence-corrected chi connectivity index (χ1v) is 9.96. The molecule has 1 aromatic heterocycles. The van der Waals surface area contributed by atoms with Crippen LogP contribution < -0.4 is 5.32 Å². The van der Waals surface area contributed by atoms with Gasteiger partial charge in [-0.1, -0.05) is 65.0 Å². The number of allylic oxidation sites excluding steroid dienone is 2. The molecule has 142 valence electrons. The van der Waals surface area contributed by atoms with Gasteiger partial charge in [-0.2, -0.15) is 0 Å². The first kappa shape index (κ1) is 19.3. The molecule has 1 atom stereocenters. The number of nitrogens with one attached hydrogen (secondary N) is 1. The maximum atomic E-state index is 6.30. The van der Waals surface area contributed by atoms with Crippen LogP contribution in [0.2, 0.25) is 0 Å². The standard InChI is InChI=1S/C23H25NO.C2H6/c1-15-8-10-17-18-13-16(14-23(2,3)4)9-11-20(18)25-22(17)21(15)19-7-5-6-12-24-19;1-2/h5-13,19,24H,14H2,1-4H3;1-2H3. The third-order valence-electron chi connectivity index (χ3n) is 4.79. The molecule has 0 saturated carbocycles. The summed E-state index contributed by atoms with van der Waals surface area (Å²) in [5.41, 5.74) is 6.09. The molecule has 2 aromatic carbocycles. The van der Waals surface area contributed by atoms with Crippen molar-refractivity contribution < 1.29 is 4.42 Å². The number of aryl methyl sites for hydroxylation is 1. The van der Waals surface area contributed by atoms with E-state index in [2.05, 4.69) is 75.5 Å². The molecule has 1 N–H and O–H groups in total. The number of hydrogen-bond donors (Lipinski definition) is 1. The van der Waals surface area contributed by atoms with Crippen LogP contribution in [-0.2, 0) is 6.42 Å². The maximum absolute atomic E-state index is 6.30. The first-order valence-electron chi connectivity index (χ1n) is 9.96. The van der Waals surface area contributed by atoms with Crippen LogP contribution in [0.4, 0.5) is 0 Å². The lowest BCUT2D eigenvalue weighted by Gasteiger charge is -2.18. The average molecular weight is 362 g/mol. The highest BCUT2D eigenvalue weighted by Gasteiger charge is 2.20. The van der Waals surface area contributed by atoms with Crippen molar-refractivity contribution in [3.05, 3.63) is 71.5 Å². The van der Waals surface area contributed by atoms with Gasteiger partial charge in [0.2, 0.25) is 0 Å². The average Bonchev–Trinajstić information content (AvgIpc) is 3.00. The Balaban J connectivity index is 0.00000102. The summed E-state index contributed by atoms with van der Waals surface area (Å²) in [6, 6.07) is 11.2. The minimum absolute atomic E-state index is 0.156. The molecular formula is C25H31NO. The van der Waals surface area contributed by atoms with Crippen LogP contribution in [0.15, 0.2) is 59.2 Å². The molecule has 0 amide bonds. The van der Waals surface area contributed by atoms with Gasteiger partial charge in [-0.3, -0.25) is 0 Å². The summed E-state index contributed by atoms with van der Waals surface area (Å²) in [6.45, 7) is 13.0. The van der Waals surface area contributed by atoms with Crippen molar-refractivity contribution in [2.75, 3.05) is 0 Å². The molecule has 1 aliphatic heterocycles. The number of dihydropyridines is 1. The molecule has 0 aliphatic carbocycles. The normalized spacial score (nSPS) is 16.3. The zero-order valence-electron chi connectivity index (χ0n) is 17.4. The lowest BCUT2D eigenvalue weighted by molar-refractivity contribution is 0.411. The van der Waals surface area contributed by atoms with Crippen molar-refractivity contribution in [1.29, 1.82) is 0 Å². The highest BCUT2D eigenvalue weighted by Crippen LogP contribution is 2.37. The molecule has 2 heterocycles. The van der Waals surface area contributed by atoms with Crippen molar-refractivity contribution in [1.82, 2.24) is 5.32 Å². The van der Waals surface area contributed by atoms with E-state index in [9.17, 15) is 0 Å². The smallest absolute Gasteiger partial charge is 0.141 e. The van der Waals surface area contributed by atoms with Crippen LogP contribution >= 0.6 is 0 Å². The lowest BCUT2D eigenvalue weighted by atomic mass is 9.87. The number of furan rings is 1. The molecule has 3 aromatic rings. The van der Waals surface area contributed by atoms with Gasteiger partial charge in [0.05, 0.1) is 6.04 Å². The van der Waals surface area contributed by atoms with Gasteiger partial charge in [-0.05, 0) is 54.3 Å². The van der Waals surface area contributed by atoms with E-state index < -0.39 is 0 Å². The monoisotopic (exact) mass is 361 g/mol. The van der Waals surface area contributed by atoms with Crippen molar-refractivity contribution in [2.24, 2.45) is 5.41 Å². The van der Waals surface area contributed by atoms with Crippen LogP contribution in [0.3, 0.4) is 0 Å². The van der Waals surface area contributed by atoms with Gasteiger partial charge in [-0.25, -0.2) is 0 Å². The lowest BCUT2D eigenvalue weighted by Crippen LogP contribution is -2.16. The quantitative estimate of drug-likeness (QED) is 0.521. The van der Waals surface area contributed by atoms with E-state index in [1.165, 1.54) is 27.5 Å². The van der Waals surface area contributed by atoms with Crippen LogP contribution in [-0.4, -0.2) is 0 Å². The minimum atomic E-state index is 0.156. The van der Waals surface area contributed by atoms with Crippen LogP contribution in [0.1, 0.15) is 57.4 Å². The first-order chi connectivity index (χ1) is 12.9. The highest BCUT2D eigenvalue weighted by molar-refractivity contribution is 6.06. The second-order valence-corrected chi connectivity index (χ2v) is 8.23. The second kappa shape index (κ2) is 7.64. The van der Waals surface area contributed by atoms with E-state index >= 15 is 0 Å². The van der Waals surface area contributed by atoms with Gasteiger partial charge < -0.3 is 9.73 Å². The van der Waals surface area contributed by atoms with Crippen molar-refractivity contribution >= 4 is 21.9 Å². The van der Waals surface area contributed by atoms with Crippen molar-refractivity contribution in [2.45, 2.75) is 54.0 Å². The molecule has 27 heavy (non-hydrogen) atoms. The van der Waals surface area contributed by atoms with Crippen molar-refractivity contribution in [3.63, 3.8) is 0 Å². The fourth-order valence-corrected chi connectivity index (χ4v) is 3.74. The van der Waals surface area contributed by atoms with Gasteiger partial charge in [0.1, 0.15) is 11.2 Å². The molecule has 0 saturated heterocycles. The van der Waals surface area contributed by atoms with Gasteiger partial charge in [0.25, 0.3) is 0 Å². The maximum Gasteiger partial charge on any atom is 0.141 e. The fraction of sp³-hybridized carbons (Fsp3) is 0.360. The Labute approximate surface area is 163 Å². The molecule has 1 unspecified atom stereocenters. The fourth-order valence-electron chi connectivity index (χ4n) is 3.74. The van der Waals surface area contributed by atoms with E-state index in [1.807, 2.05) is 26.1 Å². The molecule has 0 radical (unpaired) electrons. The summed E-state index contributed by atoms with van der Waals surface area (Å²) in [5, 5.41) is 5.85. The summed E-state index contributed by atoms with van der Waals surface area (Å²) in [6.07, 6.45) is 9.34. The van der Waals surface area contributed by atoms with E-state index in [4.69, 9.17) is 4.42 Å². The molecule has 2 heteroatoms. The second-order valence-electron chi connectivity index (χ2n) is 8.23. The number of hydrogen-bond acceptors (Lipinski definition) is 2. The molecule has 2 nitrogen and oxygen atoms in total. The summed E-state index contributed by atoms with van der Waals surface area (Å²) in [7, 11) is 0. The number of benzene rings is 2. The molecule has 0 spiro atoms. The Bertz CT molecular complexity index is 998.